The van der Waals surface area contributed by atoms with Gasteiger partial charge in [0.25, 0.3) is 5.91 Å². The molecule has 1 aromatic heterocycles. The molecule has 1 saturated heterocycles. The normalized spacial score (nSPS) is 16.4. The zero-order chi connectivity index (χ0) is 26.1. The number of ether oxygens (including phenoxy) is 1. The van der Waals surface area contributed by atoms with Gasteiger partial charge in [-0.05, 0) is 25.1 Å². The standard InChI is InChI=1S/C22H14Cl5N5O4/c1-2-36-22(35)13-14(24)16(26)18(17(27)15(13)25)32-21(34)19(31-7-3-6-28-31)20(30-32)29-12-8-10(9-33)4-5-11(12)23/h3-9,19H,2H2,1H3,(H,29,30). The molecule has 2 heterocycles. The van der Waals surface area contributed by atoms with Gasteiger partial charge >= 0.3 is 5.97 Å². The molecule has 186 valence electrons. The maximum absolute atomic E-state index is 13.6. The minimum absolute atomic E-state index is 0.0634. The fraction of sp³-hybridized carbons (Fsp3) is 0.136. The monoisotopic (exact) mass is 587 g/mol. The number of amidine groups is 1. The highest BCUT2D eigenvalue weighted by Crippen LogP contribution is 2.47. The number of nitrogens with one attached hydrogen (secondary N) is 1. The van der Waals surface area contributed by atoms with Crippen molar-refractivity contribution in [1.29, 1.82) is 0 Å². The number of esters is 1. The molecule has 36 heavy (non-hydrogen) atoms. The number of aromatic nitrogens is 2. The first-order valence-electron chi connectivity index (χ1n) is 10.2. The van der Waals surface area contributed by atoms with Crippen LogP contribution in [0.15, 0.2) is 41.7 Å². The summed E-state index contributed by atoms with van der Waals surface area (Å²) in [4.78, 5) is 41.7. The Labute approximate surface area is 229 Å². The molecule has 4 rings (SSSR count). The lowest BCUT2D eigenvalue weighted by molar-refractivity contribution is -0.119. The summed E-state index contributed by atoms with van der Waals surface area (Å²) in [6.45, 7) is 1.67. The molecular weight excluding hydrogens is 576 g/mol. The quantitative estimate of drug-likeness (QED) is 0.216. The summed E-state index contributed by atoms with van der Waals surface area (Å²) in [7, 11) is 0. The maximum atomic E-state index is 13.6. The third kappa shape index (κ3) is 4.65. The van der Waals surface area contributed by atoms with Gasteiger partial charge < -0.3 is 4.74 Å². The summed E-state index contributed by atoms with van der Waals surface area (Å²) in [5.41, 5.74) is 3.05. The first kappa shape index (κ1) is 26.2. The van der Waals surface area contributed by atoms with Crippen molar-refractivity contribution >= 4 is 93.4 Å². The number of hydrogen-bond donors (Lipinski definition) is 1. The van der Waals surface area contributed by atoms with Gasteiger partial charge in [-0.3, -0.25) is 19.7 Å². The van der Waals surface area contributed by atoms with E-state index in [-0.39, 0.29) is 54.5 Å². The lowest BCUT2D eigenvalue weighted by Gasteiger charge is -2.22. The molecule has 0 spiro atoms. The highest BCUT2D eigenvalue weighted by molar-refractivity contribution is 6.53. The van der Waals surface area contributed by atoms with Crippen LogP contribution >= 0.6 is 58.0 Å². The first-order valence-corrected chi connectivity index (χ1v) is 12.0. The van der Waals surface area contributed by atoms with E-state index in [4.69, 9.17) is 62.7 Å². The summed E-state index contributed by atoms with van der Waals surface area (Å²) in [5, 5.41) is 4.42. The molecule has 2 aromatic carbocycles. The van der Waals surface area contributed by atoms with Crippen molar-refractivity contribution in [3.8, 4) is 0 Å². The summed E-state index contributed by atoms with van der Waals surface area (Å²) in [5.74, 6) is -1.34. The minimum atomic E-state index is -1.09. The first-order chi connectivity index (χ1) is 17.2. The third-order valence-electron chi connectivity index (χ3n) is 5.02. The zero-order valence-electron chi connectivity index (χ0n) is 18.1. The predicted octanol–water partition coefficient (Wildman–Crippen LogP) is 5.96. The molecular formula is C22H14Cl5N5O4. The van der Waals surface area contributed by atoms with E-state index in [0.29, 0.717) is 11.8 Å². The average molecular weight is 590 g/mol. The molecule has 1 aliphatic heterocycles. The minimum Gasteiger partial charge on any atom is -0.462 e. The van der Waals surface area contributed by atoms with Gasteiger partial charge in [0.1, 0.15) is 17.5 Å². The number of nitrogens with zero attached hydrogens (tertiary/aromatic N) is 4. The van der Waals surface area contributed by atoms with E-state index in [1.165, 1.54) is 29.1 Å². The van der Waals surface area contributed by atoms with Crippen LogP contribution in [0.1, 0.15) is 33.7 Å². The van der Waals surface area contributed by atoms with Crippen molar-refractivity contribution in [2.75, 3.05) is 11.6 Å². The molecule has 0 aliphatic carbocycles. The van der Waals surface area contributed by atoms with Gasteiger partial charge in [0.15, 0.2) is 11.9 Å². The second-order valence-corrected chi connectivity index (χ2v) is 9.12. The van der Waals surface area contributed by atoms with Crippen molar-refractivity contribution in [1.82, 2.24) is 15.2 Å². The van der Waals surface area contributed by atoms with Crippen LogP contribution in [0.3, 0.4) is 0 Å². The lowest BCUT2D eigenvalue weighted by atomic mass is 10.2. The van der Waals surface area contributed by atoms with Crippen molar-refractivity contribution in [2.24, 2.45) is 4.99 Å². The molecule has 1 aliphatic rings. The smallest absolute Gasteiger partial charge is 0.341 e. The molecule has 1 unspecified atom stereocenters. The molecule has 9 nitrogen and oxygen atoms in total. The molecule has 0 radical (unpaired) electrons. The summed E-state index contributed by atoms with van der Waals surface area (Å²) in [6.07, 6.45) is 3.67. The number of carbonyl (C=O) groups is 3. The average Bonchev–Trinajstić information content (AvgIpc) is 3.48. The van der Waals surface area contributed by atoms with Crippen LogP contribution in [0.5, 0.6) is 0 Å². The Bertz CT molecular complexity index is 1380. The van der Waals surface area contributed by atoms with E-state index < -0.39 is 17.9 Å². The highest BCUT2D eigenvalue weighted by atomic mass is 35.5. The Morgan fingerprint density at radius 1 is 1.17 bits per heavy atom. The molecule has 14 heteroatoms. The molecule has 0 bridgehead atoms. The largest absolute Gasteiger partial charge is 0.462 e. The van der Waals surface area contributed by atoms with Gasteiger partial charge in [0, 0.05) is 18.0 Å². The second-order valence-electron chi connectivity index (χ2n) is 7.20. The van der Waals surface area contributed by atoms with Crippen LogP contribution in [-0.4, -0.2) is 40.4 Å². The van der Waals surface area contributed by atoms with Crippen LogP contribution in [0.4, 0.5) is 11.4 Å². The van der Waals surface area contributed by atoms with Crippen molar-refractivity contribution in [3.05, 3.63) is 72.9 Å². The number of aliphatic imine (C=N–C) groups is 1. The fourth-order valence-corrected chi connectivity index (χ4v) is 4.74. The second kappa shape index (κ2) is 10.7. The van der Waals surface area contributed by atoms with Gasteiger partial charge in [-0.2, -0.15) is 5.10 Å². The topological polar surface area (TPSA) is 106 Å². The van der Waals surface area contributed by atoms with Crippen LogP contribution in [0, 0.1) is 0 Å². The Hall–Kier alpha value is -2.82. The molecule has 1 fully saturated rings. The highest BCUT2D eigenvalue weighted by Gasteiger charge is 2.43. The molecule has 0 saturated carbocycles. The SMILES string of the molecule is CCOC(=O)c1c(Cl)c(Cl)c(N2NC(=Nc3cc(C=O)ccc3Cl)C(n3cccn3)C2=O)c(Cl)c1Cl. The van der Waals surface area contributed by atoms with E-state index in [1.807, 2.05) is 0 Å². The van der Waals surface area contributed by atoms with Crippen molar-refractivity contribution in [2.45, 2.75) is 13.0 Å². The van der Waals surface area contributed by atoms with E-state index in [1.54, 1.807) is 19.2 Å². The van der Waals surface area contributed by atoms with Gasteiger partial charge in [0.05, 0.1) is 37.4 Å². The van der Waals surface area contributed by atoms with Gasteiger partial charge in [-0.15, -0.1) is 0 Å². The Morgan fingerprint density at radius 3 is 2.44 bits per heavy atom. The zero-order valence-corrected chi connectivity index (χ0v) is 21.9. The van der Waals surface area contributed by atoms with Gasteiger partial charge in [-0.25, -0.2) is 14.8 Å². The van der Waals surface area contributed by atoms with Crippen LogP contribution < -0.4 is 10.4 Å². The number of anilines is 1. The third-order valence-corrected chi connectivity index (χ3v) is 7.02. The van der Waals surface area contributed by atoms with E-state index in [2.05, 4.69) is 15.5 Å². The Kier molecular flexibility index (Phi) is 7.77. The molecule has 1 N–H and O–H groups in total. The lowest BCUT2D eigenvalue weighted by Crippen LogP contribution is -2.36. The van der Waals surface area contributed by atoms with E-state index in [0.717, 1.165) is 5.01 Å². The number of halogens is 5. The van der Waals surface area contributed by atoms with Crippen LogP contribution in [-0.2, 0) is 9.53 Å². The number of hydrazine groups is 1. The number of benzene rings is 2. The molecule has 1 atom stereocenters. The fourth-order valence-electron chi connectivity index (χ4n) is 3.41. The number of hydrogen-bond acceptors (Lipinski definition) is 6. The Morgan fingerprint density at radius 2 is 1.86 bits per heavy atom. The van der Waals surface area contributed by atoms with E-state index in [9.17, 15) is 14.4 Å². The number of rotatable bonds is 6. The van der Waals surface area contributed by atoms with Crippen LogP contribution in [0.2, 0.25) is 25.1 Å². The van der Waals surface area contributed by atoms with Gasteiger partial charge in [0.2, 0.25) is 0 Å². The number of aldehydes is 1. The van der Waals surface area contributed by atoms with Crippen LogP contribution in [0.25, 0.3) is 0 Å². The molecule has 3 aromatic rings. The summed E-state index contributed by atoms with van der Waals surface area (Å²) < 4.78 is 6.33. The predicted molar refractivity (Wildman–Crippen MR) is 138 cm³/mol. The Balaban J connectivity index is 1.87. The number of amides is 1. The van der Waals surface area contributed by atoms with Crippen molar-refractivity contribution < 1.29 is 19.1 Å². The van der Waals surface area contributed by atoms with E-state index >= 15 is 0 Å². The summed E-state index contributed by atoms with van der Waals surface area (Å²) >= 11 is 31.9. The molecule has 1 amide bonds. The summed E-state index contributed by atoms with van der Waals surface area (Å²) in [6, 6.07) is 5.02. The van der Waals surface area contributed by atoms with Gasteiger partial charge in [-0.1, -0.05) is 64.1 Å². The van der Waals surface area contributed by atoms with Crippen molar-refractivity contribution in [3.63, 3.8) is 0 Å². The maximum Gasteiger partial charge on any atom is 0.341 e. The number of carbonyl (C=O) groups excluding carboxylic acids is 3.